The third kappa shape index (κ3) is 2.10. The Bertz CT molecular complexity index is 95.9. The molecular weight excluding hydrogens is 227 g/mol. The summed E-state index contributed by atoms with van der Waals surface area (Å²) in [6.45, 7) is 0. The van der Waals surface area contributed by atoms with Crippen molar-refractivity contribution in [1.29, 1.82) is 0 Å². The molecular formula is C3H3IO4. The molecule has 0 saturated carbocycles. The first kappa shape index (κ1) is 7.67. The van der Waals surface area contributed by atoms with E-state index in [1.807, 2.05) is 0 Å². The first-order valence-corrected chi connectivity index (χ1v) is 2.51. The Morgan fingerprint density at radius 3 is 2.00 bits per heavy atom. The average molecular weight is 230 g/mol. The van der Waals surface area contributed by atoms with Crippen molar-refractivity contribution in [3.8, 4) is 0 Å². The van der Waals surface area contributed by atoms with Crippen molar-refractivity contribution in [2.45, 2.75) is 0 Å². The van der Waals surface area contributed by atoms with E-state index in [1.165, 1.54) is 23.0 Å². The fourth-order valence-electron chi connectivity index (χ4n) is 0.115. The lowest BCUT2D eigenvalue weighted by Gasteiger charge is -1.90. The molecule has 0 aromatic heterocycles. The molecule has 0 heterocycles. The maximum absolute atomic E-state index is 10.0. The van der Waals surface area contributed by atoms with E-state index in [9.17, 15) is 9.59 Å². The molecule has 46 valence electrons. The SMILES string of the molecule is COC(=O)C(=O)OI. The molecule has 0 rings (SSSR count). The first-order chi connectivity index (χ1) is 3.72. The second kappa shape index (κ2) is 3.65. The Kier molecular flexibility index (Phi) is 3.49. The van der Waals surface area contributed by atoms with Gasteiger partial charge < -0.3 is 7.80 Å². The van der Waals surface area contributed by atoms with Crippen LogP contribution in [0.15, 0.2) is 0 Å². The topological polar surface area (TPSA) is 52.6 Å². The van der Waals surface area contributed by atoms with E-state index in [4.69, 9.17) is 0 Å². The van der Waals surface area contributed by atoms with E-state index >= 15 is 0 Å². The van der Waals surface area contributed by atoms with Crippen molar-refractivity contribution in [2.24, 2.45) is 0 Å². The van der Waals surface area contributed by atoms with Crippen LogP contribution in [-0.4, -0.2) is 19.0 Å². The Morgan fingerprint density at radius 1 is 1.38 bits per heavy atom. The zero-order valence-corrected chi connectivity index (χ0v) is 6.17. The van der Waals surface area contributed by atoms with Gasteiger partial charge >= 0.3 is 11.9 Å². The number of ether oxygens (including phenoxy) is 1. The van der Waals surface area contributed by atoms with Gasteiger partial charge in [0.05, 0.1) is 7.11 Å². The predicted octanol–water partition coefficient (Wildman–Crippen LogP) is 0.0526. The van der Waals surface area contributed by atoms with E-state index < -0.39 is 11.9 Å². The highest BCUT2D eigenvalue weighted by Gasteiger charge is 2.13. The van der Waals surface area contributed by atoms with Gasteiger partial charge in [-0.1, -0.05) is 0 Å². The molecule has 8 heavy (non-hydrogen) atoms. The Labute approximate surface area is 59.8 Å². The van der Waals surface area contributed by atoms with Crippen molar-refractivity contribution in [2.75, 3.05) is 7.11 Å². The maximum atomic E-state index is 10.0. The quantitative estimate of drug-likeness (QED) is 0.335. The summed E-state index contributed by atoms with van der Waals surface area (Å²) in [5.74, 6) is -1.98. The minimum atomic E-state index is -0.992. The van der Waals surface area contributed by atoms with Crippen molar-refractivity contribution >= 4 is 34.9 Å². The maximum Gasteiger partial charge on any atom is 0.426 e. The van der Waals surface area contributed by atoms with E-state index in [-0.39, 0.29) is 0 Å². The van der Waals surface area contributed by atoms with Gasteiger partial charge in [-0.25, -0.2) is 9.59 Å². The number of hydrogen-bond donors (Lipinski definition) is 0. The van der Waals surface area contributed by atoms with Gasteiger partial charge in [-0.15, -0.1) is 0 Å². The van der Waals surface area contributed by atoms with E-state index in [0.717, 1.165) is 7.11 Å². The van der Waals surface area contributed by atoms with Crippen LogP contribution in [0.5, 0.6) is 0 Å². The van der Waals surface area contributed by atoms with E-state index in [0.29, 0.717) is 0 Å². The molecule has 0 aliphatic rings. The molecule has 0 unspecified atom stereocenters. The number of methoxy groups -OCH3 is 1. The summed E-state index contributed by atoms with van der Waals surface area (Å²) in [7, 11) is 1.11. The van der Waals surface area contributed by atoms with Crippen molar-refractivity contribution in [3.05, 3.63) is 0 Å². The fraction of sp³-hybridized carbons (Fsp3) is 0.333. The molecule has 0 atom stereocenters. The van der Waals surface area contributed by atoms with Crippen molar-refractivity contribution in [3.63, 3.8) is 0 Å². The third-order valence-corrected chi connectivity index (χ3v) is 0.822. The molecule has 4 nitrogen and oxygen atoms in total. The lowest BCUT2D eigenvalue weighted by Crippen LogP contribution is -2.14. The summed E-state index contributed by atoms with van der Waals surface area (Å²) in [6.07, 6.45) is 0. The summed E-state index contributed by atoms with van der Waals surface area (Å²) >= 11 is 1.30. The highest BCUT2D eigenvalue weighted by molar-refractivity contribution is 14.1. The number of halogens is 1. The largest absolute Gasteiger partial charge is 0.461 e. The van der Waals surface area contributed by atoms with Gasteiger partial charge in [-0.05, 0) is 0 Å². The summed E-state index contributed by atoms with van der Waals surface area (Å²) in [4.78, 5) is 20.1. The van der Waals surface area contributed by atoms with E-state index in [2.05, 4.69) is 7.80 Å². The zero-order valence-electron chi connectivity index (χ0n) is 4.01. The summed E-state index contributed by atoms with van der Waals surface area (Å²) < 4.78 is 7.94. The average Bonchev–Trinajstić information content (AvgIpc) is 1.84. The van der Waals surface area contributed by atoms with Gasteiger partial charge in [0.1, 0.15) is 0 Å². The molecule has 0 bridgehead atoms. The molecule has 0 aliphatic heterocycles. The van der Waals surface area contributed by atoms with Gasteiger partial charge in [0.2, 0.25) is 0 Å². The Hall–Kier alpha value is -0.330. The smallest absolute Gasteiger partial charge is 0.426 e. The van der Waals surface area contributed by atoms with Gasteiger partial charge in [-0.2, -0.15) is 0 Å². The molecule has 0 saturated heterocycles. The minimum absolute atomic E-state index is 0.987. The molecule has 5 heteroatoms. The Balaban J connectivity index is 3.64. The van der Waals surface area contributed by atoms with Crippen molar-refractivity contribution in [1.82, 2.24) is 0 Å². The highest BCUT2D eigenvalue weighted by Crippen LogP contribution is 1.87. The lowest BCUT2D eigenvalue weighted by molar-refractivity contribution is -0.158. The van der Waals surface area contributed by atoms with Crippen LogP contribution >= 0.6 is 23.0 Å². The van der Waals surface area contributed by atoms with Gasteiger partial charge in [0.15, 0.2) is 23.0 Å². The minimum Gasteiger partial charge on any atom is -0.461 e. The predicted molar refractivity (Wildman–Crippen MR) is 32.1 cm³/mol. The summed E-state index contributed by atoms with van der Waals surface area (Å²) in [5, 5.41) is 0. The zero-order chi connectivity index (χ0) is 6.57. The van der Waals surface area contributed by atoms with Crippen LogP contribution in [0.3, 0.4) is 0 Å². The number of hydrogen-bond acceptors (Lipinski definition) is 4. The summed E-state index contributed by atoms with van der Waals surface area (Å²) in [6, 6.07) is 0. The third-order valence-electron chi connectivity index (χ3n) is 0.422. The van der Waals surface area contributed by atoms with Gasteiger partial charge in [-0.3, -0.25) is 0 Å². The van der Waals surface area contributed by atoms with Crippen LogP contribution in [0, 0.1) is 0 Å². The monoisotopic (exact) mass is 230 g/mol. The summed E-state index contributed by atoms with van der Waals surface area (Å²) in [5.41, 5.74) is 0. The van der Waals surface area contributed by atoms with Crippen LogP contribution in [0.4, 0.5) is 0 Å². The second-order valence-corrected chi connectivity index (χ2v) is 1.30. The van der Waals surface area contributed by atoms with Crippen LogP contribution in [0.25, 0.3) is 0 Å². The molecule has 0 aromatic carbocycles. The lowest BCUT2D eigenvalue weighted by atomic mass is 10.7. The van der Waals surface area contributed by atoms with Crippen LogP contribution in [0.2, 0.25) is 0 Å². The molecule has 0 spiro atoms. The highest BCUT2D eigenvalue weighted by atomic mass is 127. The molecule has 0 aromatic rings. The standard InChI is InChI=1S/C3H3IO4/c1-7-2(5)3(6)8-4/h1H3. The first-order valence-electron chi connectivity index (χ1n) is 1.63. The fourth-order valence-corrected chi connectivity index (χ4v) is 0.295. The molecule has 0 radical (unpaired) electrons. The van der Waals surface area contributed by atoms with Crippen LogP contribution < -0.4 is 0 Å². The second-order valence-electron chi connectivity index (χ2n) is 0.856. The molecule has 0 fully saturated rings. The Morgan fingerprint density at radius 2 is 1.88 bits per heavy atom. The molecule has 0 N–H and O–H groups in total. The van der Waals surface area contributed by atoms with Gasteiger partial charge in [0, 0.05) is 0 Å². The molecule has 0 amide bonds. The van der Waals surface area contributed by atoms with Crippen molar-refractivity contribution < 1.29 is 17.4 Å². The number of carbonyl (C=O) groups excluding carboxylic acids is 2. The number of rotatable bonds is 0. The number of esters is 1. The van der Waals surface area contributed by atoms with Crippen LogP contribution in [-0.2, 0) is 17.4 Å². The van der Waals surface area contributed by atoms with E-state index in [1.54, 1.807) is 0 Å². The molecule has 0 aliphatic carbocycles. The van der Waals surface area contributed by atoms with Crippen LogP contribution in [0.1, 0.15) is 0 Å². The van der Waals surface area contributed by atoms with Gasteiger partial charge in [0.25, 0.3) is 0 Å². The normalized spacial score (nSPS) is 7.75. The number of carbonyl (C=O) groups is 2.